The van der Waals surface area contributed by atoms with Crippen LogP contribution in [0.5, 0.6) is 5.75 Å². The molecule has 10 heteroatoms. The van der Waals surface area contributed by atoms with E-state index in [0.29, 0.717) is 22.3 Å². The second-order valence-corrected chi connectivity index (χ2v) is 6.91. The average Bonchev–Trinajstić information content (AvgIpc) is 2.82. The molecule has 0 saturated heterocycles. The zero-order valence-electron chi connectivity index (χ0n) is 17.1. The molecular formula is C23H17N5O5. The molecule has 1 aromatic heterocycles. The van der Waals surface area contributed by atoms with E-state index in [1.807, 2.05) is 6.07 Å². The van der Waals surface area contributed by atoms with Gasteiger partial charge in [0, 0.05) is 23.3 Å². The summed E-state index contributed by atoms with van der Waals surface area (Å²) in [6, 6.07) is 19.7. The number of para-hydroxylation sites is 1. The highest BCUT2D eigenvalue weighted by atomic mass is 16.6. The fourth-order valence-corrected chi connectivity index (χ4v) is 3.16. The number of nitro benzene ring substituents is 1. The van der Waals surface area contributed by atoms with Crippen LogP contribution >= 0.6 is 0 Å². The Hall–Kier alpha value is -4.86. The Bertz CT molecular complexity index is 1450. The highest BCUT2D eigenvalue weighted by Crippen LogP contribution is 2.24. The summed E-state index contributed by atoms with van der Waals surface area (Å²) in [5, 5.41) is 15.9. The van der Waals surface area contributed by atoms with Crippen LogP contribution in [-0.2, 0) is 4.79 Å². The summed E-state index contributed by atoms with van der Waals surface area (Å²) in [5.74, 6) is -0.274. The van der Waals surface area contributed by atoms with Crippen LogP contribution in [0.4, 0.5) is 5.69 Å². The van der Waals surface area contributed by atoms with Crippen LogP contribution < -0.4 is 16.0 Å². The van der Waals surface area contributed by atoms with Crippen molar-refractivity contribution in [3.63, 3.8) is 0 Å². The van der Waals surface area contributed by atoms with E-state index in [0.717, 1.165) is 4.68 Å². The maximum Gasteiger partial charge on any atom is 0.282 e. The van der Waals surface area contributed by atoms with Gasteiger partial charge in [0.25, 0.3) is 17.2 Å². The lowest BCUT2D eigenvalue weighted by Crippen LogP contribution is -2.21. The number of carbonyl (C=O) groups is 1. The summed E-state index contributed by atoms with van der Waals surface area (Å²) in [6.07, 6.45) is 1.24. The fraction of sp³-hybridized carbons (Fsp3) is 0.0435. The van der Waals surface area contributed by atoms with Gasteiger partial charge in [0.1, 0.15) is 5.75 Å². The smallest absolute Gasteiger partial charge is 0.282 e. The number of hydrogen-bond donors (Lipinski definition) is 1. The number of benzene rings is 3. The molecule has 4 aromatic rings. The van der Waals surface area contributed by atoms with Crippen LogP contribution in [0.2, 0.25) is 0 Å². The van der Waals surface area contributed by atoms with Crippen molar-refractivity contribution >= 4 is 28.7 Å². The van der Waals surface area contributed by atoms with Crippen LogP contribution in [-0.4, -0.2) is 33.3 Å². The first-order valence-corrected chi connectivity index (χ1v) is 9.75. The van der Waals surface area contributed by atoms with E-state index >= 15 is 0 Å². The molecule has 0 radical (unpaired) electrons. The number of nitro groups is 1. The van der Waals surface area contributed by atoms with Crippen LogP contribution in [0, 0.1) is 10.1 Å². The average molecular weight is 443 g/mol. The number of rotatable bonds is 7. The molecule has 0 saturated carbocycles. The normalized spacial score (nSPS) is 11.0. The first-order chi connectivity index (χ1) is 15.9. The summed E-state index contributed by atoms with van der Waals surface area (Å²) >= 11 is 0. The maximum atomic E-state index is 13.2. The number of non-ortho nitro benzene ring substituents is 1. The van der Waals surface area contributed by atoms with Crippen LogP contribution in [0.25, 0.3) is 22.3 Å². The van der Waals surface area contributed by atoms with Gasteiger partial charge in [0.2, 0.25) is 0 Å². The highest BCUT2D eigenvalue weighted by molar-refractivity contribution is 5.86. The van der Waals surface area contributed by atoms with Gasteiger partial charge in [-0.05, 0) is 18.2 Å². The molecule has 0 atom stereocenters. The van der Waals surface area contributed by atoms with Gasteiger partial charge < -0.3 is 10.5 Å². The number of fused-ring (bicyclic) bond motifs is 1. The first-order valence-electron chi connectivity index (χ1n) is 9.75. The van der Waals surface area contributed by atoms with Crippen molar-refractivity contribution in [2.24, 2.45) is 10.8 Å². The van der Waals surface area contributed by atoms with Crippen LogP contribution in [0.1, 0.15) is 5.56 Å². The lowest BCUT2D eigenvalue weighted by Gasteiger charge is -2.10. The predicted octanol–water partition coefficient (Wildman–Crippen LogP) is 2.72. The Morgan fingerprint density at radius 3 is 2.58 bits per heavy atom. The third-order valence-corrected chi connectivity index (χ3v) is 4.67. The van der Waals surface area contributed by atoms with Crippen molar-refractivity contribution < 1.29 is 14.5 Å². The first kappa shape index (κ1) is 21.4. The molecule has 1 heterocycles. The number of amides is 1. The molecular weight excluding hydrogens is 426 g/mol. The third-order valence-electron chi connectivity index (χ3n) is 4.67. The third kappa shape index (κ3) is 4.59. The fourth-order valence-electron chi connectivity index (χ4n) is 3.16. The molecule has 10 nitrogen and oxygen atoms in total. The van der Waals surface area contributed by atoms with E-state index in [1.54, 1.807) is 48.5 Å². The van der Waals surface area contributed by atoms with Crippen molar-refractivity contribution in [1.82, 2.24) is 9.66 Å². The van der Waals surface area contributed by atoms with Gasteiger partial charge in [-0.25, -0.2) is 4.98 Å². The molecule has 0 bridgehead atoms. The largest absolute Gasteiger partial charge is 0.483 e. The van der Waals surface area contributed by atoms with Gasteiger partial charge in [0.05, 0.1) is 22.0 Å². The summed E-state index contributed by atoms with van der Waals surface area (Å²) in [4.78, 5) is 39.6. The van der Waals surface area contributed by atoms with Crippen LogP contribution in [0.3, 0.4) is 0 Å². The number of aromatic nitrogens is 2. The van der Waals surface area contributed by atoms with Gasteiger partial charge in [-0.2, -0.15) is 9.78 Å². The molecule has 3 aromatic carbocycles. The minimum absolute atomic E-state index is 0.145. The molecule has 0 aliphatic heterocycles. The Labute approximate surface area is 186 Å². The number of nitrogens with two attached hydrogens (primary N) is 1. The van der Waals surface area contributed by atoms with E-state index in [-0.39, 0.29) is 17.0 Å². The van der Waals surface area contributed by atoms with Gasteiger partial charge in [-0.1, -0.05) is 42.5 Å². The summed E-state index contributed by atoms with van der Waals surface area (Å²) in [5.41, 5.74) is 5.85. The van der Waals surface area contributed by atoms with Crippen molar-refractivity contribution in [3.05, 3.63) is 98.8 Å². The molecule has 0 aliphatic rings. The lowest BCUT2D eigenvalue weighted by atomic mass is 10.2. The molecule has 164 valence electrons. The zero-order chi connectivity index (χ0) is 23.4. The molecule has 2 N–H and O–H groups in total. The lowest BCUT2D eigenvalue weighted by molar-refractivity contribution is -0.384. The summed E-state index contributed by atoms with van der Waals surface area (Å²) in [7, 11) is 0. The number of carbonyl (C=O) groups excluding carboxylic acids is 1. The minimum Gasteiger partial charge on any atom is -0.483 e. The van der Waals surface area contributed by atoms with Crippen molar-refractivity contribution in [1.29, 1.82) is 0 Å². The highest BCUT2D eigenvalue weighted by Gasteiger charge is 2.14. The Kier molecular flexibility index (Phi) is 5.90. The van der Waals surface area contributed by atoms with E-state index in [2.05, 4.69) is 10.1 Å². The quantitative estimate of drug-likeness (QED) is 0.264. The second kappa shape index (κ2) is 9.10. The molecule has 1 amide bonds. The SMILES string of the molecule is NC(=O)COc1ccc([N+](=O)[O-])cc1C=Nn1c(-c2ccccc2)nc2ccccc2c1=O. The van der Waals surface area contributed by atoms with Crippen molar-refractivity contribution in [2.45, 2.75) is 0 Å². The van der Waals surface area contributed by atoms with E-state index < -0.39 is 23.0 Å². The second-order valence-electron chi connectivity index (χ2n) is 6.91. The standard InChI is InChI=1S/C23H17N5O5/c24-21(29)14-33-20-11-10-17(28(31)32)12-16(20)13-25-27-22(15-6-2-1-3-7-15)26-19-9-5-4-8-18(19)23(27)30/h1-13H,14H2,(H2,24,29). The molecule has 4 rings (SSSR count). The van der Waals surface area contributed by atoms with Gasteiger partial charge >= 0.3 is 0 Å². The van der Waals surface area contributed by atoms with E-state index in [4.69, 9.17) is 10.5 Å². The molecule has 33 heavy (non-hydrogen) atoms. The predicted molar refractivity (Wildman–Crippen MR) is 122 cm³/mol. The zero-order valence-corrected chi connectivity index (χ0v) is 17.1. The summed E-state index contributed by atoms with van der Waals surface area (Å²) in [6.45, 7) is -0.425. The topological polar surface area (TPSA) is 143 Å². The van der Waals surface area contributed by atoms with Crippen molar-refractivity contribution in [2.75, 3.05) is 6.61 Å². The van der Waals surface area contributed by atoms with E-state index in [9.17, 15) is 19.7 Å². The minimum atomic E-state index is -0.711. The number of ether oxygens (including phenoxy) is 1. The van der Waals surface area contributed by atoms with Crippen LogP contribution in [0.15, 0.2) is 82.7 Å². The van der Waals surface area contributed by atoms with E-state index in [1.165, 1.54) is 24.4 Å². The Morgan fingerprint density at radius 2 is 1.85 bits per heavy atom. The van der Waals surface area contributed by atoms with Gasteiger partial charge in [-0.3, -0.25) is 19.7 Å². The monoisotopic (exact) mass is 443 g/mol. The number of nitrogens with zero attached hydrogens (tertiary/aromatic N) is 4. The molecule has 0 aliphatic carbocycles. The number of hydrogen-bond acceptors (Lipinski definition) is 7. The maximum absolute atomic E-state index is 13.2. The van der Waals surface area contributed by atoms with Crippen molar-refractivity contribution in [3.8, 4) is 17.1 Å². The molecule has 0 spiro atoms. The number of primary amides is 1. The van der Waals surface area contributed by atoms with Gasteiger partial charge in [-0.15, -0.1) is 0 Å². The Balaban J connectivity index is 1.88. The van der Waals surface area contributed by atoms with Gasteiger partial charge in [0.15, 0.2) is 12.4 Å². The molecule has 0 fully saturated rings. The summed E-state index contributed by atoms with van der Waals surface area (Å²) < 4.78 is 6.47. The molecule has 0 unspecified atom stereocenters. The Morgan fingerprint density at radius 1 is 1.12 bits per heavy atom.